The molecule has 0 saturated carbocycles. The molecular weight excluding hydrogens is 212 g/mol. The van der Waals surface area contributed by atoms with Gasteiger partial charge in [0, 0.05) is 13.1 Å². The van der Waals surface area contributed by atoms with Crippen molar-refractivity contribution in [2.24, 2.45) is 11.8 Å². The SMILES string of the molecule is CC[C@@H](O)c1ccc(N2CC(C)C(C)C2)cn1. The van der Waals surface area contributed by atoms with Crippen LogP contribution in [0, 0.1) is 11.8 Å². The highest BCUT2D eigenvalue weighted by Gasteiger charge is 2.26. The molecule has 3 heteroatoms. The summed E-state index contributed by atoms with van der Waals surface area (Å²) in [7, 11) is 0. The third kappa shape index (κ3) is 2.60. The molecule has 1 aromatic heterocycles. The molecule has 3 nitrogen and oxygen atoms in total. The van der Waals surface area contributed by atoms with Gasteiger partial charge in [-0.1, -0.05) is 20.8 Å². The molecule has 1 aromatic rings. The largest absolute Gasteiger partial charge is 0.387 e. The minimum absolute atomic E-state index is 0.430. The summed E-state index contributed by atoms with van der Waals surface area (Å²) in [4.78, 5) is 6.73. The van der Waals surface area contributed by atoms with E-state index in [4.69, 9.17) is 0 Å². The van der Waals surface area contributed by atoms with Crippen LogP contribution in [0.2, 0.25) is 0 Å². The maximum absolute atomic E-state index is 9.69. The van der Waals surface area contributed by atoms with Crippen LogP contribution in [0.1, 0.15) is 39.0 Å². The fraction of sp³-hybridized carbons (Fsp3) is 0.643. The van der Waals surface area contributed by atoms with Crippen LogP contribution in [-0.4, -0.2) is 23.2 Å². The number of aliphatic hydroxyl groups excluding tert-OH is 1. The molecule has 0 spiro atoms. The molecule has 94 valence electrons. The van der Waals surface area contributed by atoms with Gasteiger partial charge in [0.1, 0.15) is 0 Å². The van der Waals surface area contributed by atoms with Gasteiger partial charge in [0.15, 0.2) is 0 Å². The number of anilines is 1. The van der Waals surface area contributed by atoms with Crippen LogP contribution in [0.15, 0.2) is 18.3 Å². The number of hydrogen-bond acceptors (Lipinski definition) is 3. The molecule has 2 unspecified atom stereocenters. The van der Waals surface area contributed by atoms with Crippen LogP contribution < -0.4 is 4.90 Å². The van der Waals surface area contributed by atoms with Gasteiger partial charge in [0.05, 0.1) is 23.7 Å². The maximum Gasteiger partial charge on any atom is 0.0957 e. The summed E-state index contributed by atoms with van der Waals surface area (Å²) in [5, 5.41) is 9.69. The van der Waals surface area contributed by atoms with Crippen molar-refractivity contribution in [2.45, 2.75) is 33.3 Å². The smallest absolute Gasteiger partial charge is 0.0957 e. The molecule has 1 aliphatic rings. The summed E-state index contributed by atoms with van der Waals surface area (Å²) in [6.45, 7) is 8.78. The van der Waals surface area contributed by atoms with Crippen LogP contribution in [0.4, 0.5) is 5.69 Å². The normalized spacial score (nSPS) is 26.2. The quantitative estimate of drug-likeness (QED) is 0.873. The van der Waals surface area contributed by atoms with Gasteiger partial charge in [-0.2, -0.15) is 0 Å². The fourth-order valence-electron chi connectivity index (χ4n) is 2.33. The predicted octanol–water partition coefficient (Wildman–Crippen LogP) is 2.62. The lowest BCUT2D eigenvalue weighted by atomic mass is 10.0. The minimum atomic E-state index is -0.430. The van der Waals surface area contributed by atoms with Crippen LogP contribution >= 0.6 is 0 Å². The van der Waals surface area contributed by atoms with Gasteiger partial charge >= 0.3 is 0 Å². The number of aromatic nitrogens is 1. The van der Waals surface area contributed by atoms with Crippen LogP contribution in [-0.2, 0) is 0 Å². The van der Waals surface area contributed by atoms with E-state index in [0.717, 1.165) is 30.6 Å². The van der Waals surface area contributed by atoms with Crippen LogP contribution in [0.3, 0.4) is 0 Å². The fourth-order valence-corrected chi connectivity index (χ4v) is 2.33. The van der Waals surface area contributed by atoms with Crippen LogP contribution in [0.5, 0.6) is 0 Å². The molecule has 0 amide bonds. The summed E-state index contributed by atoms with van der Waals surface area (Å²) in [5.41, 5.74) is 1.95. The maximum atomic E-state index is 9.69. The molecule has 1 aliphatic heterocycles. The number of pyridine rings is 1. The second-order valence-corrected chi connectivity index (χ2v) is 5.22. The monoisotopic (exact) mass is 234 g/mol. The molecule has 2 rings (SSSR count). The van der Waals surface area contributed by atoms with Crippen molar-refractivity contribution in [1.29, 1.82) is 0 Å². The lowest BCUT2D eigenvalue weighted by Crippen LogP contribution is -2.19. The third-order valence-electron chi connectivity index (χ3n) is 3.85. The van der Waals surface area contributed by atoms with Crippen molar-refractivity contribution in [3.05, 3.63) is 24.0 Å². The summed E-state index contributed by atoms with van der Waals surface area (Å²) < 4.78 is 0. The minimum Gasteiger partial charge on any atom is -0.387 e. The number of hydrogen-bond donors (Lipinski definition) is 1. The van der Waals surface area contributed by atoms with Crippen molar-refractivity contribution >= 4 is 5.69 Å². The highest BCUT2D eigenvalue weighted by atomic mass is 16.3. The molecule has 17 heavy (non-hydrogen) atoms. The first kappa shape index (κ1) is 12.4. The molecule has 1 N–H and O–H groups in total. The van der Waals surface area contributed by atoms with Crippen molar-refractivity contribution in [1.82, 2.24) is 4.98 Å². The predicted molar refractivity (Wildman–Crippen MR) is 70.0 cm³/mol. The van der Waals surface area contributed by atoms with E-state index in [1.54, 1.807) is 0 Å². The summed E-state index contributed by atoms with van der Waals surface area (Å²) in [5.74, 6) is 1.49. The number of nitrogens with zero attached hydrogens (tertiary/aromatic N) is 2. The first-order valence-electron chi connectivity index (χ1n) is 6.50. The summed E-state index contributed by atoms with van der Waals surface area (Å²) in [6.07, 6.45) is 2.17. The Morgan fingerprint density at radius 2 is 2.00 bits per heavy atom. The first-order valence-corrected chi connectivity index (χ1v) is 6.50. The van der Waals surface area contributed by atoms with Gasteiger partial charge in [-0.05, 0) is 30.4 Å². The van der Waals surface area contributed by atoms with Gasteiger partial charge in [-0.3, -0.25) is 4.98 Å². The standard InChI is InChI=1S/C14H22N2O/c1-4-14(17)13-6-5-12(7-15-13)16-8-10(2)11(3)9-16/h5-7,10-11,14,17H,4,8-9H2,1-3H3/t10?,11?,14-/m1/s1. The molecule has 1 fully saturated rings. The topological polar surface area (TPSA) is 36.4 Å². The molecule has 2 heterocycles. The Hall–Kier alpha value is -1.09. The zero-order valence-corrected chi connectivity index (χ0v) is 10.9. The van der Waals surface area contributed by atoms with Gasteiger partial charge in [-0.15, -0.1) is 0 Å². The Morgan fingerprint density at radius 1 is 1.35 bits per heavy atom. The van der Waals surface area contributed by atoms with Gasteiger partial charge in [0.2, 0.25) is 0 Å². The Kier molecular flexibility index (Phi) is 3.67. The van der Waals surface area contributed by atoms with Crippen LogP contribution in [0.25, 0.3) is 0 Å². The van der Waals surface area contributed by atoms with E-state index >= 15 is 0 Å². The van der Waals surface area contributed by atoms with Gasteiger partial charge in [-0.25, -0.2) is 0 Å². The average molecular weight is 234 g/mol. The van der Waals surface area contributed by atoms with E-state index in [2.05, 4.69) is 29.8 Å². The highest BCUT2D eigenvalue weighted by Crippen LogP contribution is 2.27. The average Bonchev–Trinajstić information content (AvgIpc) is 2.69. The van der Waals surface area contributed by atoms with Crippen molar-refractivity contribution in [2.75, 3.05) is 18.0 Å². The molecule has 1 saturated heterocycles. The third-order valence-corrected chi connectivity index (χ3v) is 3.85. The Bertz CT molecular complexity index is 353. The zero-order valence-electron chi connectivity index (χ0n) is 10.9. The second-order valence-electron chi connectivity index (χ2n) is 5.22. The Labute approximate surface area is 103 Å². The van der Waals surface area contributed by atoms with Crippen molar-refractivity contribution < 1.29 is 5.11 Å². The molecule has 0 aromatic carbocycles. The van der Waals surface area contributed by atoms with Gasteiger partial charge < -0.3 is 10.0 Å². The highest BCUT2D eigenvalue weighted by molar-refractivity contribution is 5.46. The first-order chi connectivity index (χ1) is 8.11. The van der Waals surface area contributed by atoms with E-state index in [1.165, 1.54) is 5.69 Å². The Balaban J connectivity index is 2.08. The number of rotatable bonds is 3. The summed E-state index contributed by atoms with van der Waals surface area (Å²) in [6, 6.07) is 4.02. The van der Waals surface area contributed by atoms with E-state index in [-0.39, 0.29) is 0 Å². The van der Waals surface area contributed by atoms with E-state index in [1.807, 2.05) is 19.2 Å². The van der Waals surface area contributed by atoms with E-state index in [9.17, 15) is 5.11 Å². The second kappa shape index (κ2) is 5.05. The number of aliphatic hydroxyl groups is 1. The molecule has 0 bridgehead atoms. The zero-order chi connectivity index (χ0) is 12.4. The molecular formula is C14H22N2O. The molecule has 0 radical (unpaired) electrons. The molecule has 0 aliphatic carbocycles. The lowest BCUT2D eigenvalue weighted by Gasteiger charge is -2.18. The summed E-state index contributed by atoms with van der Waals surface area (Å²) >= 11 is 0. The van der Waals surface area contributed by atoms with Gasteiger partial charge in [0.25, 0.3) is 0 Å². The van der Waals surface area contributed by atoms with E-state index < -0.39 is 6.10 Å². The van der Waals surface area contributed by atoms with Crippen molar-refractivity contribution in [3.63, 3.8) is 0 Å². The van der Waals surface area contributed by atoms with Crippen molar-refractivity contribution in [3.8, 4) is 0 Å². The Morgan fingerprint density at radius 3 is 2.47 bits per heavy atom. The molecule has 3 atom stereocenters. The lowest BCUT2D eigenvalue weighted by molar-refractivity contribution is 0.169. The van der Waals surface area contributed by atoms with E-state index in [0.29, 0.717) is 6.42 Å².